The van der Waals surface area contributed by atoms with Gasteiger partial charge in [-0.15, -0.1) is 0 Å². The maximum absolute atomic E-state index is 12.8. The normalized spacial score (nSPS) is 15.4. The highest BCUT2D eigenvalue weighted by Crippen LogP contribution is 2.24. The van der Waals surface area contributed by atoms with Gasteiger partial charge in [-0.1, -0.05) is 13.0 Å². The average Bonchev–Trinajstić information content (AvgIpc) is 2.99. The Hall–Kier alpha value is -2.82. The van der Waals surface area contributed by atoms with Crippen molar-refractivity contribution in [2.75, 3.05) is 23.3 Å². The van der Waals surface area contributed by atoms with E-state index in [0.717, 1.165) is 36.0 Å². The van der Waals surface area contributed by atoms with Crippen molar-refractivity contribution in [3.8, 4) is 0 Å². The number of anilines is 2. The Morgan fingerprint density at radius 1 is 1.12 bits per heavy atom. The van der Waals surface area contributed by atoms with E-state index in [1.54, 1.807) is 0 Å². The molecule has 1 fully saturated rings. The molecule has 1 amide bonds. The van der Waals surface area contributed by atoms with Crippen molar-refractivity contribution in [3.63, 3.8) is 0 Å². The monoisotopic (exact) mass is 348 g/mol. The number of amides is 1. The molecule has 0 aliphatic carbocycles. The minimum atomic E-state index is -0.138. The Kier molecular flexibility index (Phi) is 4.37. The number of aromatic nitrogens is 2. The molecule has 3 aromatic rings. The molecule has 0 spiro atoms. The van der Waals surface area contributed by atoms with Crippen LogP contribution >= 0.6 is 0 Å². The SMILES string of the molecule is Cc1nc2ccccn2c1C(=O)Nc1ccc(N2CCC(C)CC2)cc1. The third-order valence-electron chi connectivity index (χ3n) is 5.19. The van der Waals surface area contributed by atoms with Crippen LogP contribution < -0.4 is 10.2 Å². The molecule has 4 rings (SSSR count). The number of benzene rings is 1. The summed E-state index contributed by atoms with van der Waals surface area (Å²) in [4.78, 5) is 19.6. The summed E-state index contributed by atoms with van der Waals surface area (Å²) in [7, 11) is 0. The highest BCUT2D eigenvalue weighted by Gasteiger charge is 2.18. The van der Waals surface area contributed by atoms with Crippen molar-refractivity contribution in [3.05, 3.63) is 60.0 Å². The molecule has 0 radical (unpaired) electrons. The fourth-order valence-corrected chi connectivity index (χ4v) is 3.60. The molecule has 0 unspecified atom stereocenters. The number of rotatable bonds is 3. The van der Waals surface area contributed by atoms with Crippen LogP contribution in [0.4, 0.5) is 11.4 Å². The van der Waals surface area contributed by atoms with Gasteiger partial charge in [0.1, 0.15) is 11.3 Å². The summed E-state index contributed by atoms with van der Waals surface area (Å²) in [5.74, 6) is 0.680. The molecule has 1 aliphatic heterocycles. The van der Waals surface area contributed by atoms with E-state index in [1.165, 1.54) is 18.5 Å². The maximum Gasteiger partial charge on any atom is 0.274 e. The van der Waals surface area contributed by atoms with Crippen LogP contribution in [-0.4, -0.2) is 28.4 Å². The van der Waals surface area contributed by atoms with Crippen molar-refractivity contribution in [2.45, 2.75) is 26.7 Å². The van der Waals surface area contributed by atoms with Gasteiger partial charge in [-0.2, -0.15) is 0 Å². The van der Waals surface area contributed by atoms with E-state index in [9.17, 15) is 4.79 Å². The van der Waals surface area contributed by atoms with Crippen molar-refractivity contribution >= 4 is 22.9 Å². The van der Waals surface area contributed by atoms with Gasteiger partial charge in [0.05, 0.1) is 5.69 Å². The molecule has 2 aromatic heterocycles. The first-order valence-electron chi connectivity index (χ1n) is 9.22. The van der Waals surface area contributed by atoms with Crippen LogP contribution in [0.25, 0.3) is 5.65 Å². The van der Waals surface area contributed by atoms with Gasteiger partial charge in [0.15, 0.2) is 0 Å². The van der Waals surface area contributed by atoms with Crippen LogP contribution in [0.2, 0.25) is 0 Å². The predicted octanol–water partition coefficient (Wildman–Crippen LogP) is 4.13. The van der Waals surface area contributed by atoms with Crippen molar-refractivity contribution in [1.29, 1.82) is 0 Å². The molecular formula is C21H24N4O. The zero-order chi connectivity index (χ0) is 18.1. The Balaban J connectivity index is 1.50. The van der Waals surface area contributed by atoms with E-state index in [4.69, 9.17) is 0 Å². The lowest BCUT2D eigenvalue weighted by Gasteiger charge is -2.32. The van der Waals surface area contributed by atoms with Crippen LogP contribution in [0, 0.1) is 12.8 Å². The highest BCUT2D eigenvalue weighted by atomic mass is 16.2. The second kappa shape index (κ2) is 6.83. The molecule has 1 aromatic carbocycles. The Labute approximate surface area is 153 Å². The van der Waals surface area contributed by atoms with Crippen LogP contribution in [0.1, 0.15) is 35.9 Å². The minimum Gasteiger partial charge on any atom is -0.372 e. The molecule has 1 saturated heterocycles. The van der Waals surface area contributed by atoms with Crippen LogP contribution in [0.3, 0.4) is 0 Å². The van der Waals surface area contributed by atoms with E-state index in [2.05, 4.69) is 34.3 Å². The largest absolute Gasteiger partial charge is 0.372 e. The number of nitrogens with zero attached hydrogens (tertiary/aromatic N) is 3. The minimum absolute atomic E-state index is 0.138. The van der Waals surface area contributed by atoms with Crippen LogP contribution in [0.15, 0.2) is 48.7 Å². The zero-order valence-electron chi connectivity index (χ0n) is 15.3. The van der Waals surface area contributed by atoms with Crippen molar-refractivity contribution in [1.82, 2.24) is 9.38 Å². The van der Waals surface area contributed by atoms with E-state index >= 15 is 0 Å². The van der Waals surface area contributed by atoms with E-state index in [0.29, 0.717) is 5.69 Å². The van der Waals surface area contributed by atoms with Gasteiger partial charge in [-0.3, -0.25) is 9.20 Å². The third kappa shape index (κ3) is 3.17. The summed E-state index contributed by atoms with van der Waals surface area (Å²) in [5, 5.41) is 3.00. The first-order chi connectivity index (χ1) is 12.6. The molecule has 1 N–H and O–H groups in total. The number of pyridine rings is 1. The topological polar surface area (TPSA) is 49.6 Å². The van der Waals surface area contributed by atoms with Gasteiger partial charge in [0.25, 0.3) is 5.91 Å². The van der Waals surface area contributed by atoms with E-state index in [1.807, 2.05) is 47.9 Å². The van der Waals surface area contributed by atoms with E-state index in [-0.39, 0.29) is 5.91 Å². The van der Waals surface area contributed by atoms with Crippen molar-refractivity contribution in [2.24, 2.45) is 5.92 Å². The number of fused-ring (bicyclic) bond motifs is 1. The summed E-state index contributed by atoms with van der Waals surface area (Å²) < 4.78 is 1.83. The summed E-state index contributed by atoms with van der Waals surface area (Å²) >= 11 is 0. The van der Waals surface area contributed by atoms with E-state index < -0.39 is 0 Å². The second-order valence-electron chi connectivity index (χ2n) is 7.15. The lowest BCUT2D eigenvalue weighted by Crippen LogP contribution is -2.32. The Morgan fingerprint density at radius 2 is 1.85 bits per heavy atom. The molecule has 0 atom stereocenters. The van der Waals surface area contributed by atoms with Gasteiger partial charge in [-0.25, -0.2) is 4.98 Å². The number of carbonyl (C=O) groups excluding carboxylic acids is 1. The number of aryl methyl sites for hydroxylation is 1. The maximum atomic E-state index is 12.8. The first-order valence-corrected chi connectivity index (χ1v) is 9.22. The summed E-state index contributed by atoms with van der Waals surface area (Å²) in [6.07, 6.45) is 4.35. The smallest absolute Gasteiger partial charge is 0.274 e. The van der Waals surface area contributed by atoms with Gasteiger partial charge in [-0.05, 0) is 62.1 Å². The molecular weight excluding hydrogens is 324 g/mol. The molecule has 134 valence electrons. The summed E-state index contributed by atoms with van der Waals surface area (Å²) in [6, 6.07) is 13.9. The molecule has 3 heterocycles. The van der Waals surface area contributed by atoms with Gasteiger partial charge in [0.2, 0.25) is 0 Å². The zero-order valence-corrected chi connectivity index (χ0v) is 15.3. The molecule has 5 nitrogen and oxygen atoms in total. The number of carbonyl (C=O) groups is 1. The number of imidazole rings is 1. The molecule has 26 heavy (non-hydrogen) atoms. The highest BCUT2D eigenvalue weighted by molar-refractivity contribution is 6.04. The summed E-state index contributed by atoms with van der Waals surface area (Å²) in [6.45, 7) is 6.39. The lowest BCUT2D eigenvalue weighted by molar-refractivity contribution is 0.102. The molecule has 1 aliphatic rings. The lowest BCUT2D eigenvalue weighted by atomic mass is 9.99. The molecule has 0 saturated carbocycles. The predicted molar refractivity (Wildman–Crippen MR) is 105 cm³/mol. The van der Waals surface area contributed by atoms with Crippen LogP contribution in [-0.2, 0) is 0 Å². The number of hydrogen-bond donors (Lipinski definition) is 1. The Bertz CT molecular complexity index is 921. The van der Waals surface area contributed by atoms with Gasteiger partial charge >= 0.3 is 0 Å². The van der Waals surface area contributed by atoms with Gasteiger partial charge in [0, 0.05) is 30.7 Å². The third-order valence-corrected chi connectivity index (χ3v) is 5.19. The molecule has 5 heteroatoms. The number of hydrogen-bond acceptors (Lipinski definition) is 3. The summed E-state index contributed by atoms with van der Waals surface area (Å²) in [5.41, 5.74) is 4.11. The van der Waals surface area contributed by atoms with Crippen molar-refractivity contribution < 1.29 is 4.79 Å². The quantitative estimate of drug-likeness (QED) is 0.774. The number of piperidine rings is 1. The number of nitrogens with one attached hydrogen (secondary N) is 1. The Morgan fingerprint density at radius 3 is 2.58 bits per heavy atom. The fourth-order valence-electron chi connectivity index (χ4n) is 3.60. The van der Waals surface area contributed by atoms with Gasteiger partial charge < -0.3 is 10.2 Å². The standard InChI is InChI=1S/C21H24N4O/c1-15-10-13-24(14-11-15)18-8-6-17(7-9-18)23-21(26)20-16(2)22-19-5-3-4-12-25(19)20/h3-9,12,15H,10-11,13-14H2,1-2H3,(H,23,26). The second-order valence-corrected chi connectivity index (χ2v) is 7.15. The molecule has 0 bridgehead atoms. The average molecular weight is 348 g/mol. The van der Waals surface area contributed by atoms with Crippen LogP contribution in [0.5, 0.6) is 0 Å². The fraction of sp³-hybridized carbons (Fsp3) is 0.333. The first kappa shape index (κ1) is 16.6.